The molecule has 0 aromatic heterocycles. The number of anilines is 1. The molecule has 0 N–H and O–H groups in total. The van der Waals surface area contributed by atoms with Crippen LogP contribution in [0.5, 0.6) is 0 Å². The van der Waals surface area contributed by atoms with E-state index in [9.17, 15) is 9.59 Å². The number of hydrogen-bond donors (Lipinski definition) is 0. The molecule has 0 saturated heterocycles. The first-order valence-corrected chi connectivity index (χ1v) is 7.87. The number of nitrogens with zero attached hydrogens (tertiary/aromatic N) is 1. The molecule has 4 rings (SSSR count). The lowest BCUT2D eigenvalue weighted by molar-refractivity contribution is 0.727. The van der Waals surface area contributed by atoms with E-state index in [1.165, 1.54) is 11.1 Å². The second kappa shape index (κ2) is 5.20. The smallest absolute Gasteiger partial charge is 0.250 e. The second-order valence-corrected chi connectivity index (χ2v) is 6.19. The van der Waals surface area contributed by atoms with Gasteiger partial charge in [-0.05, 0) is 30.0 Å². The van der Waals surface area contributed by atoms with E-state index < -0.39 is 0 Å². The largest absolute Gasteiger partial charge is 0.363 e. The summed E-state index contributed by atoms with van der Waals surface area (Å²) in [6.07, 6.45) is 0.905. The average Bonchev–Trinajstić information content (AvgIpc) is 2.59. The highest BCUT2D eigenvalue weighted by molar-refractivity contribution is 5.83. The minimum Gasteiger partial charge on any atom is -0.363 e. The summed E-state index contributed by atoms with van der Waals surface area (Å²) in [5.74, 6) is 0. The van der Waals surface area contributed by atoms with Crippen LogP contribution in [0, 0.1) is 6.92 Å². The summed E-state index contributed by atoms with van der Waals surface area (Å²) < 4.78 is 0. The Bertz CT molecular complexity index is 947. The van der Waals surface area contributed by atoms with Crippen molar-refractivity contribution in [3.05, 3.63) is 85.7 Å². The molecular formula is C20H17NO2. The lowest BCUT2D eigenvalue weighted by Crippen LogP contribution is -2.44. The van der Waals surface area contributed by atoms with Crippen LogP contribution in [0.2, 0.25) is 0 Å². The zero-order valence-electron chi connectivity index (χ0n) is 13.0. The van der Waals surface area contributed by atoms with Gasteiger partial charge >= 0.3 is 0 Å². The van der Waals surface area contributed by atoms with Crippen LogP contribution >= 0.6 is 0 Å². The van der Waals surface area contributed by atoms with E-state index in [0.29, 0.717) is 17.8 Å². The molecule has 3 aromatic rings. The first-order valence-electron chi connectivity index (χ1n) is 7.87. The molecule has 0 spiro atoms. The fourth-order valence-electron chi connectivity index (χ4n) is 3.36. The predicted octanol–water partition coefficient (Wildman–Crippen LogP) is 2.82. The van der Waals surface area contributed by atoms with Crippen LogP contribution in [-0.2, 0) is 13.0 Å². The molecule has 0 saturated carbocycles. The minimum atomic E-state index is -0.359. The fraction of sp³-hybridized carbons (Fsp3) is 0.200. The van der Waals surface area contributed by atoms with Crippen molar-refractivity contribution in [1.82, 2.24) is 0 Å². The van der Waals surface area contributed by atoms with E-state index >= 15 is 0 Å². The Kier molecular flexibility index (Phi) is 3.15. The average molecular weight is 303 g/mol. The van der Waals surface area contributed by atoms with Crippen molar-refractivity contribution in [2.24, 2.45) is 0 Å². The molecule has 0 radical (unpaired) electrons. The van der Waals surface area contributed by atoms with Crippen LogP contribution in [-0.4, -0.2) is 6.54 Å². The van der Waals surface area contributed by atoms with Crippen molar-refractivity contribution in [2.75, 3.05) is 11.4 Å². The minimum absolute atomic E-state index is 0.347. The van der Waals surface area contributed by atoms with Crippen LogP contribution in [0.3, 0.4) is 0 Å². The highest BCUT2D eigenvalue weighted by atomic mass is 16.2. The van der Waals surface area contributed by atoms with Gasteiger partial charge < -0.3 is 4.90 Å². The standard InChI is InChI=1S/C20H17NO2/c1-13-6-8-15(9-7-13)17-18(20(23)19(17)22)21-11-10-14-4-2-3-5-16(14)12-21/h2-9H,10-12H2,1H3. The summed E-state index contributed by atoms with van der Waals surface area (Å²) in [5, 5.41) is 0. The quantitative estimate of drug-likeness (QED) is 0.683. The molecule has 23 heavy (non-hydrogen) atoms. The Morgan fingerprint density at radius 3 is 2.30 bits per heavy atom. The summed E-state index contributed by atoms with van der Waals surface area (Å²) in [5.41, 5.74) is 5.02. The van der Waals surface area contributed by atoms with Gasteiger partial charge in [-0.25, -0.2) is 0 Å². The van der Waals surface area contributed by atoms with Crippen molar-refractivity contribution in [2.45, 2.75) is 19.9 Å². The molecule has 3 heteroatoms. The third kappa shape index (κ3) is 2.20. The summed E-state index contributed by atoms with van der Waals surface area (Å²) in [7, 11) is 0. The van der Waals surface area contributed by atoms with E-state index in [-0.39, 0.29) is 10.9 Å². The molecule has 1 aliphatic heterocycles. The van der Waals surface area contributed by atoms with E-state index in [1.54, 1.807) is 0 Å². The molecular weight excluding hydrogens is 286 g/mol. The van der Waals surface area contributed by atoms with Gasteiger partial charge in [0.15, 0.2) is 0 Å². The van der Waals surface area contributed by atoms with Gasteiger partial charge in [-0.2, -0.15) is 0 Å². The lowest BCUT2D eigenvalue weighted by atomic mass is 9.94. The molecule has 0 bridgehead atoms. The second-order valence-electron chi connectivity index (χ2n) is 6.19. The van der Waals surface area contributed by atoms with Crippen LogP contribution in [0.25, 0.3) is 11.1 Å². The third-order valence-electron chi connectivity index (χ3n) is 4.67. The number of rotatable bonds is 2. The first-order chi connectivity index (χ1) is 11.1. The maximum absolute atomic E-state index is 12.2. The number of fused-ring (bicyclic) bond motifs is 1. The monoisotopic (exact) mass is 303 g/mol. The molecule has 0 amide bonds. The Balaban J connectivity index is 1.74. The van der Waals surface area contributed by atoms with Gasteiger partial charge in [0.2, 0.25) is 10.9 Å². The molecule has 114 valence electrons. The Hall–Kier alpha value is -2.68. The Morgan fingerprint density at radius 1 is 0.870 bits per heavy atom. The Morgan fingerprint density at radius 2 is 1.57 bits per heavy atom. The van der Waals surface area contributed by atoms with E-state index in [2.05, 4.69) is 17.0 Å². The van der Waals surface area contributed by atoms with Crippen molar-refractivity contribution in [3.63, 3.8) is 0 Å². The van der Waals surface area contributed by atoms with Gasteiger partial charge in [0.05, 0.1) is 5.56 Å². The van der Waals surface area contributed by atoms with Crippen molar-refractivity contribution >= 4 is 5.69 Å². The summed E-state index contributed by atoms with van der Waals surface area (Å²) >= 11 is 0. The molecule has 0 fully saturated rings. The van der Waals surface area contributed by atoms with Gasteiger partial charge in [0, 0.05) is 13.1 Å². The van der Waals surface area contributed by atoms with Gasteiger partial charge in [-0.1, -0.05) is 54.1 Å². The third-order valence-corrected chi connectivity index (χ3v) is 4.67. The highest BCUT2D eigenvalue weighted by Gasteiger charge is 2.28. The Labute approximate surface area is 134 Å². The topological polar surface area (TPSA) is 37.4 Å². The maximum atomic E-state index is 12.2. The normalized spacial score (nSPS) is 14.0. The molecule has 0 aliphatic carbocycles. The van der Waals surface area contributed by atoms with Crippen molar-refractivity contribution in [1.29, 1.82) is 0 Å². The zero-order chi connectivity index (χ0) is 16.0. The molecule has 3 nitrogen and oxygen atoms in total. The SMILES string of the molecule is Cc1ccc(-c2c(N3CCc4ccccc4C3)c(=O)c2=O)cc1. The van der Waals surface area contributed by atoms with Crippen LogP contribution in [0.4, 0.5) is 5.69 Å². The predicted molar refractivity (Wildman–Crippen MR) is 92.7 cm³/mol. The van der Waals surface area contributed by atoms with E-state index in [4.69, 9.17) is 0 Å². The molecule has 0 atom stereocenters. The van der Waals surface area contributed by atoms with Gasteiger partial charge in [0.1, 0.15) is 5.69 Å². The lowest BCUT2D eigenvalue weighted by Gasteiger charge is -2.32. The summed E-state index contributed by atoms with van der Waals surface area (Å²) in [4.78, 5) is 26.3. The van der Waals surface area contributed by atoms with Gasteiger partial charge in [-0.3, -0.25) is 9.59 Å². The summed E-state index contributed by atoms with van der Waals surface area (Å²) in [6.45, 7) is 3.48. The highest BCUT2D eigenvalue weighted by Crippen LogP contribution is 2.30. The maximum Gasteiger partial charge on any atom is 0.250 e. The zero-order valence-corrected chi connectivity index (χ0v) is 13.0. The van der Waals surface area contributed by atoms with Crippen molar-refractivity contribution in [3.8, 4) is 11.1 Å². The van der Waals surface area contributed by atoms with Crippen LogP contribution < -0.4 is 15.8 Å². The van der Waals surface area contributed by atoms with Crippen LogP contribution in [0.1, 0.15) is 16.7 Å². The van der Waals surface area contributed by atoms with Gasteiger partial charge in [-0.15, -0.1) is 0 Å². The van der Waals surface area contributed by atoms with E-state index in [1.807, 2.05) is 43.3 Å². The molecule has 3 aromatic carbocycles. The van der Waals surface area contributed by atoms with Crippen LogP contribution in [0.15, 0.2) is 58.1 Å². The van der Waals surface area contributed by atoms with Crippen molar-refractivity contribution < 1.29 is 0 Å². The van der Waals surface area contributed by atoms with E-state index in [0.717, 1.165) is 24.1 Å². The molecule has 1 aliphatic rings. The summed E-state index contributed by atoms with van der Waals surface area (Å²) in [6, 6.07) is 16.1. The fourth-order valence-corrected chi connectivity index (χ4v) is 3.36. The molecule has 1 heterocycles. The number of hydrogen-bond acceptors (Lipinski definition) is 3. The van der Waals surface area contributed by atoms with Gasteiger partial charge in [0.25, 0.3) is 0 Å². The first kappa shape index (κ1) is 13.9. The number of aryl methyl sites for hydroxylation is 1. The molecule has 0 unspecified atom stereocenters. The number of benzene rings is 2.